The highest BCUT2D eigenvalue weighted by Crippen LogP contribution is 1.98. The van der Waals surface area contributed by atoms with Crippen LogP contribution in [0.25, 0.3) is 0 Å². The van der Waals surface area contributed by atoms with E-state index in [1.807, 2.05) is 6.26 Å². The molecule has 0 fully saturated rings. The lowest BCUT2D eigenvalue weighted by Crippen LogP contribution is -2.31. The maximum absolute atomic E-state index is 10.2. The second-order valence-corrected chi connectivity index (χ2v) is 13.3. The van der Waals surface area contributed by atoms with E-state index in [1.165, 1.54) is 0 Å². The van der Waals surface area contributed by atoms with E-state index in [9.17, 15) is 43.2 Å². The number of aliphatic carboxylic acids is 6. The minimum Gasteiger partial charge on any atom is -0.480 e. The minimum absolute atomic E-state index is 0.0129. The monoisotopic (exact) mass is 935 g/mol. The molecule has 0 radical (unpaired) electrons. The van der Waals surface area contributed by atoms with E-state index in [0.29, 0.717) is 45.2 Å². The molecule has 31 heteroatoms. The molecule has 368 valence electrons. The van der Waals surface area contributed by atoms with Gasteiger partial charge in [-0.25, -0.2) is 0 Å². The van der Waals surface area contributed by atoms with Gasteiger partial charge in [0.2, 0.25) is 17.7 Å². The average molecular weight is 936 g/mol. The molecule has 3 amide bonds. The molecular weight excluding hydrogens is 867 g/mol. The molecule has 0 saturated carbocycles. The van der Waals surface area contributed by atoms with Crippen LogP contribution in [0.4, 0.5) is 0 Å². The van der Waals surface area contributed by atoms with Crippen LogP contribution in [-0.2, 0) is 43.2 Å². The first-order valence-corrected chi connectivity index (χ1v) is 19.6. The molecule has 0 aliphatic rings. The van der Waals surface area contributed by atoms with Crippen LogP contribution in [0.1, 0.15) is 70.6 Å². The number of carboxylic acids is 6. The van der Waals surface area contributed by atoms with E-state index < -0.39 is 89.8 Å². The Morgan fingerprint density at radius 2 is 0.603 bits per heavy atom. The van der Waals surface area contributed by atoms with Crippen molar-refractivity contribution in [1.82, 2.24) is 0 Å². The number of aliphatic imine (C=N–C) groups is 2. The smallest absolute Gasteiger partial charge is 0.320 e. The summed E-state index contributed by atoms with van der Waals surface area (Å²) in [6.45, 7) is 0.840. The number of thioether (sulfide) groups is 1. The Hall–Kier alpha value is -6.12. The maximum atomic E-state index is 10.2. The summed E-state index contributed by atoms with van der Waals surface area (Å²) in [5.74, 6) is -7.00. The van der Waals surface area contributed by atoms with Crippen LogP contribution in [0.3, 0.4) is 0 Å². The molecule has 0 aliphatic heterocycles. The van der Waals surface area contributed by atoms with Gasteiger partial charge in [0, 0.05) is 32.4 Å². The lowest BCUT2D eigenvalue weighted by atomic mass is 10.2. The van der Waals surface area contributed by atoms with Crippen LogP contribution in [0.5, 0.6) is 0 Å². The van der Waals surface area contributed by atoms with Crippen molar-refractivity contribution in [3.63, 3.8) is 0 Å². The van der Waals surface area contributed by atoms with Crippen LogP contribution in [0, 0.1) is 0 Å². The zero-order valence-electron chi connectivity index (χ0n) is 35.0. The molecule has 32 N–H and O–H groups in total. The predicted molar refractivity (Wildman–Crippen MR) is 232 cm³/mol. The molecule has 0 heterocycles. The van der Waals surface area contributed by atoms with E-state index in [0.717, 1.165) is 5.75 Å². The number of carbonyl (C=O) groups is 9. The summed E-state index contributed by atoms with van der Waals surface area (Å²) in [4.78, 5) is 98.3. The minimum atomic E-state index is -1.11. The second kappa shape index (κ2) is 44.0. The summed E-state index contributed by atoms with van der Waals surface area (Å²) in [5.41, 5.74) is 65.3. The van der Waals surface area contributed by atoms with Crippen LogP contribution >= 0.6 is 11.8 Å². The summed E-state index contributed by atoms with van der Waals surface area (Å²) in [7, 11) is 0. The van der Waals surface area contributed by atoms with Crippen LogP contribution in [0.2, 0.25) is 0 Å². The van der Waals surface area contributed by atoms with E-state index in [4.69, 9.17) is 105 Å². The largest absolute Gasteiger partial charge is 0.480 e. The molecule has 0 spiro atoms. The van der Waals surface area contributed by atoms with Crippen molar-refractivity contribution in [2.75, 3.05) is 25.1 Å². The fourth-order valence-electron chi connectivity index (χ4n) is 2.92. The molecule has 0 aromatic heterocycles. The summed E-state index contributed by atoms with van der Waals surface area (Å²) >= 11 is 1.60. The summed E-state index contributed by atoms with van der Waals surface area (Å²) in [5, 5.41) is 49.7. The van der Waals surface area contributed by atoms with Gasteiger partial charge in [0.1, 0.15) is 36.3 Å². The Morgan fingerprint density at radius 1 is 0.397 bits per heavy atom. The van der Waals surface area contributed by atoms with Crippen molar-refractivity contribution in [3.8, 4) is 0 Å². The Labute approximate surface area is 367 Å². The van der Waals surface area contributed by atoms with Gasteiger partial charge in [0.15, 0.2) is 11.9 Å². The fourth-order valence-corrected chi connectivity index (χ4v) is 3.41. The van der Waals surface area contributed by atoms with Gasteiger partial charge in [0.05, 0.1) is 0 Å². The van der Waals surface area contributed by atoms with Gasteiger partial charge < -0.3 is 105 Å². The van der Waals surface area contributed by atoms with Crippen molar-refractivity contribution in [3.05, 3.63) is 0 Å². The second-order valence-electron chi connectivity index (χ2n) is 12.4. The van der Waals surface area contributed by atoms with Gasteiger partial charge in [0.25, 0.3) is 0 Å². The van der Waals surface area contributed by atoms with E-state index in [-0.39, 0.29) is 50.4 Å². The van der Waals surface area contributed by atoms with E-state index in [1.54, 1.807) is 11.8 Å². The van der Waals surface area contributed by atoms with Gasteiger partial charge in [-0.3, -0.25) is 53.1 Å². The number of hydrogen-bond acceptors (Lipinski definition) is 18. The van der Waals surface area contributed by atoms with E-state index in [2.05, 4.69) is 9.98 Å². The number of nitrogens with two attached hydrogens (primary N) is 13. The highest BCUT2D eigenvalue weighted by Gasteiger charge is 2.14. The quantitative estimate of drug-likeness (QED) is 0.0218. The van der Waals surface area contributed by atoms with Crippen molar-refractivity contribution in [2.24, 2.45) is 84.5 Å². The van der Waals surface area contributed by atoms with Crippen molar-refractivity contribution in [1.29, 1.82) is 0 Å². The maximum Gasteiger partial charge on any atom is 0.320 e. The predicted octanol–water partition coefficient (Wildman–Crippen LogP) is -6.95. The normalized spacial score (nSPS) is 12.4. The lowest BCUT2D eigenvalue weighted by Gasteiger charge is -2.03. The molecule has 0 aromatic carbocycles. The Morgan fingerprint density at radius 3 is 0.778 bits per heavy atom. The molecule has 30 nitrogen and oxygen atoms in total. The standard InChI is InChI=1S/2C6H14N4O2.3C5H10N2O3.C5H11NO2S/c2*7-4(5(11)12)2-1-3-10-6(8)9;3*6-3(5(9)10)1-2-4(7)8;1-9-3-2-4(6)5(7)8/h2*4H,1-3,7H2,(H,11,12)(H4,8,9,10);3*3H,1-2,6H2,(H2,7,8)(H,9,10);4H,2-3,6H2,1H3,(H,7,8)/t2*4-;3*3-;4-/m000000/s1. The highest BCUT2D eigenvalue weighted by molar-refractivity contribution is 7.98. The van der Waals surface area contributed by atoms with Crippen LogP contribution < -0.4 is 74.5 Å². The Bertz CT molecular complexity index is 1300. The number of carbonyl (C=O) groups excluding carboxylic acids is 3. The number of carboxylic acid groups (broad SMARTS) is 6. The zero-order valence-corrected chi connectivity index (χ0v) is 35.8. The fraction of sp³-hybridized carbons (Fsp3) is 0.656. The van der Waals surface area contributed by atoms with E-state index >= 15 is 0 Å². The molecule has 63 heavy (non-hydrogen) atoms. The number of rotatable bonds is 26. The first-order valence-electron chi connectivity index (χ1n) is 18.2. The molecule has 0 bridgehead atoms. The summed E-state index contributed by atoms with van der Waals surface area (Å²) in [6, 6.07) is -5.26. The number of nitrogens with zero attached hydrogens (tertiary/aromatic N) is 2. The van der Waals surface area contributed by atoms with Crippen LogP contribution in [-0.4, -0.2) is 157 Å². The number of primary amides is 3. The molecule has 0 saturated heterocycles. The number of hydrogen-bond donors (Lipinski definition) is 19. The Balaban J connectivity index is -0.000000155. The van der Waals surface area contributed by atoms with Crippen LogP contribution in [0.15, 0.2) is 9.98 Å². The Kier molecular flexibility index (Phi) is 47.9. The van der Waals surface area contributed by atoms with Gasteiger partial charge in [-0.05, 0) is 63.4 Å². The first-order chi connectivity index (χ1) is 28.9. The molecule has 0 rings (SSSR count). The molecule has 0 unspecified atom stereocenters. The van der Waals surface area contributed by atoms with Crippen molar-refractivity contribution >= 4 is 77.2 Å². The van der Waals surface area contributed by atoms with Crippen molar-refractivity contribution in [2.45, 2.75) is 107 Å². The van der Waals surface area contributed by atoms with Crippen molar-refractivity contribution < 1.29 is 73.8 Å². The highest BCUT2D eigenvalue weighted by atomic mass is 32.2. The van der Waals surface area contributed by atoms with Gasteiger partial charge >= 0.3 is 35.8 Å². The third-order valence-corrected chi connectivity index (χ3v) is 7.22. The third-order valence-electron chi connectivity index (χ3n) is 6.58. The lowest BCUT2D eigenvalue weighted by molar-refractivity contribution is -0.139. The SMILES string of the molecule is CSCC[C@H](N)C(=O)O.NC(=O)CC[C@H](N)C(=O)O.NC(=O)CC[C@H](N)C(=O)O.NC(=O)CC[C@H](N)C(=O)O.NC(N)=NCCC[C@H](N)C(=O)O.NC(N)=NCCC[C@H](N)C(=O)O. The molecule has 0 aromatic rings. The molecular formula is C32H69N15O15S. The summed E-state index contributed by atoms with van der Waals surface area (Å²) < 4.78 is 0. The first kappa shape index (κ1) is 68.6. The topological polar surface area (TPSA) is 638 Å². The molecule has 0 aliphatic carbocycles. The molecule has 6 atom stereocenters. The number of amides is 3. The average Bonchev–Trinajstić information content (AvgIpc) is 3.17. The third kappa shape index (κ3) is 62.7. The van der Waals surface area contributed by atoms with Gasteiger partial charge in [-0.2, -0.15) is 11.8 Å². The van der Waals surface area contributed by atoms with Gasteiger partial charge in [-0.1, -0.05) is 0 Å². The van der Waals surface area contributed by atoms with Gasteiger partial charge in [-0.15, -0.1) is 0 Å². The number of guanidine groups is 2. The zero-order chi connectivity index (χ0) is 50.8. The summed E-state index contributed by atoms with van der Waals surface area (Å²) in [6.07, 6.45) is 4.76.